The summed E-state index contributed by atoms with van der Waals surface area (Å²) in [6.07, 6.45) is 0.707. The second kappa shape index (κ2) is 6.07. The van der Waals surface area contributed by atoms with E-state index in [1.54, 1.807) is 12.1 Å². The molecular weight excluding hydrogens is 304 g/mol. The summed E-state index contributed by atoms with van der Waals surface area (Å²) in [7, 11) is -2.83. The molecule has 104 valence electrons. The molecule has 1 unspecified atom stereocenters. The maximum absolute atomic E-state index is 11.3. The van der Waals surface area contributed by atoms with E-state index in [1.807, 2.05) is 12.1 Å². The third kappa shape index (κ3) is 4.63. The Morgan fingerprint density at radius 2 is 2.05 bits per heavy atom. The Hall–Kier alpha value is -0.850. The van der Waals surface area contributed by atoms with Crippen molar-refractivity contribution in [2.75, 3.05) is 23.4 Å². The molecule has 1 aliphatic heterocycles. The molecule has 7 heteroatoms. The van der Waals surface area contributed by atoms with Crippen molar-refractivity contribution < 1.29 is 8.42 Å². The molecule has 2 N–H and O–H groups in total. The monoisotopic (exact) mass is 318 g/mol. The lowest BCUT2D eigenvalue weighted by Gasteiger charge is -2.13. The van der Waals surface area contributed by atoms with Crippen LogP contribution in [-0.2, 0) is 9.84 Å². The maximum atomic E-state index is 11.3. The summed E-state index contributed by atoms with van der Waals surface area (Å²) in [6, 6.07) is 7.21. The van der Waals surface area contributed by atoms with Gasteiger partial charge in [-0.15, -0.1) is 0 Å². The summed E-state index contributed by atoms with van der Waals surface area (Å²) in [6.45, 7) is 0.582. The van der Waals surface area contributed by atoms with E-state index in [0.29, 0.717) is 23.1 Å². The summed E-state index contributed by atoms with van der Waals surface area (Å²) in [4.78, 5) is 0. The Morgan fingerprint density at radius 1 is 1.37 bits per heavy atom. The van der Waals surface area contributed by atoms with Gasteiger partial charge in [0.25, 0.3) is 0 Å². The highest BCUT2D eigenvalue weighted by molar-refractivity contribution is 7.91. The molecule has 1 aromatic rings. The number of hydrogen-bond donors (Lipinski definition) is 2. The summed E-state index contributed by atoms with van der Waals surface area (Å²) in [5.74, 6) is 0.690. The van der Waals surface area contributed by atoms with Crippen LogP contribution in [0.1, 0.15) is 6.42 Å². The Labute approximate surface area is 123 Å². The molecule has 0 aliphatic carbocycles. The highest BCUT2D eigenvalue weighted by Gasteiger charge is 2.27. The number of hydrogen-bond acceptors (Lipinski definition) is 3. The van der Waals surface area contributed by atoms with Gasteiger partial charge in [-0.2, -0.15) is 0 Å². The molecule has 1 saturated heterocycles. The van der Waals surface area contributed by atoms with Gasteiger partial charge in [0, 0.05) is 17.3 Å². The van der Waals surface area contributed by atoms with Crippen molar-refractivity contribution in [3.63, 3.8) is 0 Å². The third-order valence-corrected chi connectivity index (χ3v) is 5.32. The predicted molar refractivity (Wildman–Crippen MR) is 82.4 cm³/mol. The topological polar surface area (TPSA) is 58.2 Å². The molecule has 1 heterocycles. The first-order chi connectivity index (χ1) is 8.94. The van der Waals surface area contributed by atoms with E-state index in [9.17, 15) is 8.42 Å². The van der Waals surface area contributed by atoms with Gasteiger partial charge in [-0.1, -0.05) is 11.6 Å². The molecule has 4 nitrogen and oxygen atoms in total. The van der Waals surface area contributed by atoms with Crippen LogP contribution < -0.4 is 10.6 Å². The molecule has 0 aromatic heterocycles. The van der Waals surface area contributed by atoms with Crippen LogP contribution in [0.4, 0.5) is 5.69 Å². The zero-order valence-electron chi connectivity index (χ0n) is 10.2. The minimum absolute atomic E-state index is 0.148. The Kier molecular flexibility index (Phi) is 4.65. The van der Waals surface area contributed by atoms with E-state index >= 15 is 0 Å². The highest BCUT2D eigenvalue weighted by atomic mass is 35.5. The lowest BCUT2D eigenvalue weighted by Crippen LogP contribution is -2.33. The van der Waals surface area contributed by atoms with Crippen molar-refractivity contribution in [1.29, 1.82) is 0 Å². The molecule has 0 bridgehead atoms. The van der Waals surface area contributed by atoms with Gasteiger partial charge in [-0.3, -0.25) is 0 Å². The van der Waals surface area contributed by atoms with Gasteiger partial charge in [-0.25, -0.2) is 8.42 Å². The lowest BCUT2D eigenvalue weighted by molar-refractivity contribution is 0.574. The van der Waals surface area contributed by atoms with E-state index in [1.165, 1.54) is 0 Å². The third-order valence-electron chi connectivity index (χ3n) is 2.98. The summed E-state index contributed by atoms with van der Waals surface area (Å²) >= 11 is 10.9. The average Bonchev–Trinajstić information content (AvgIpc) is 2.69. The van der Waals surface area contributed by atoms with Crippen molar-refractivity contribution in [2.45, 2.75) is 6.42 Å². The molecular formula is C12H15ClN2O2S2. The fraction of sp³-hybridized carbons (Fsp3) is 0.417. The molecule has 1 aliphatic rings. The van der Waals surface area contributed by atoms with Gasteiger partial charge in [0.2, 0.25) is 0 Å². The Bertz CT molecular complexity index is 558. The Balaban J connectivity index is 1.78. The predicted octanol–water partition coefficient (Wildman–Crippen LogP) is 2.06. The van der Waals surface area contributed by atoms with Gasteiger partial charge in [0.15, 0.2) is 14.9 Å². The number of benzene rings is 1. The molecule has 0 amide bonds. The maximum Gasteiger partial charge on any atom is 0.170 e. The van der Waals surface area contributed by atoms with Crippen LogP contribution in [0.2, 0.25) is 5.02 Å². The van der Waals surface area contributed by atoms with Gasteiger partial charge in [0.1, 0.15) is 0 Å². The summed E-state index contributed by atoms with van der Waals surface area (Å²) < 4.78 is 22.6. The number of nitrogens with one attached hydrogen (secondary N) is 2. The van der Waals surface area contributed by atoms with Gasteiger partial charge in [-0.05, 0) is 48.8 Å². The second-order valence-corrected chi connectivity index (χ2v) is 7.68. The SMILES string of the molecule is O=S1(=O)CCC(CNC(=S)Nc2ccc(Cl)cc2)C1. The van der Waals surface area contributed by atoms with Crippen molar-refractivity contribution in [3.8, 4) is 0 Å². The standard InChI is InChI=1S/C12H15ClN2O2S2/c13-10-1-3-11(4-2-10)15-12(18)14-7-9-5-6-19(16,17)8-9/h1-4,9H,5-8H2,(H2,14,15,18). The van der Waals surface area contributed by atoms with Crippen molar-refractivity contribution in [2.24, 2.45) is 5.92 Å². The number of thiocarbonyl (C=S) groups is 1. The highest BCUT2D eigenvalue weighted by Crippen LogP contribution is 2.17. The van der Waals surface area contributed by atoms with Crippen molar-refractivity contribution in [1.82, 2.24) is 5.32 Å². The van der Waals surface area contributed by atoms with Crippen LogP contribution in [0.5, 0.6) is 0 Å². The smallest absolute Gasteiger partial charge is 0.170 e. The molecule has 0 spiro atoms. The number of anilines is 1. The van der Waals surface area contributed by atoms with Gasteiger partial charge >= 0.3 is 0 Å². The lowest BCUT2D eigenvalue weighted by atomic mass is 10.1. The molecule has 1 aromatic carbocycles. The van der Waals surface area contributed by atoms with E-state index in [2.05, 4.69) is 10.6 Å². The van der Waals surface area contributed by atoms with Crippen LogP contribution in [0, 0.1) is 5.92 Å². The fourth-order valence-corrected chi connectivity index (χ4v) is 4.17. The zero-order valence-corrected chi connectivity index (χ0v) is 12.6. The van der Waals surface area contributed by atoms with Crippen LogP contribution >= 0.6 is 23.8 Å². The normalized spacial score (nSPS) is 21.0. The van der Waals surface area contributed by atoms with Crippen LogP contribution in [0.25, 0.3) is 0 Å². The van der Waals surface area contributed by atoms with Crippen LogP contribution in [0.15, 0.2) is 24.3 Å². The second-order valence-electron chi connectivity index (χ2n) is 4.61. The first-order valence-electron chi connectivity index (χ1n) is 5.95. The zero-order chi connectivity index (χ0) is 13.9. The van der Waals surface area contributed by atoms with Crippen LogP contribution in [-0.4, -0.2) is 31.6 Å². The minimum atomic E-state index is -2.83. The van der Waals surface area contributed by atoms with Gasteiger partial charge in [0.05, 0.1) is 11.5 Å². The van der Waals surface area contributed by atoms with E-state index in [-0.39, 0.29) is 17.4 Å². The number of halogens is 1. The largest absolute Gasteiger partial charge is 0.362 e. The van der Waals surface area contributed by atoms with Crippen molar-refractivity contribution >= 4 is 44.5 Å². The quantitative estimate of drug-likeness (QED) is 0.836. The van der Waals surface area contributed by atoms with Crippen molar-refractivity contribution in [3.05, 3.63) is 29.3 Å². The molecule has 1 atom stereocenters. The number of sulfone groups is 1. The molecule has 19 heavy (non-hydrogen) atoms. The summed E-state index contributed by atoms with van der Waals surface area (Å²) in [5.41, 5.74) is 0.848. The minimum Gasteiger partial charge on any atom is -0.362 e. The van der Waals surface area contributed by atoms with Gasteiger partial charge < -0.3 is 10.6 Å². The van der Waals surface area contributed by atoms with E-state index < -0.39 is 9.84 Å². The number of rotatable bonds is 3. The van der Waals surface area contributed by atoms with E-state index in [0.717, 1.165) is 5.69 Å². The first kappa shape index (κ1) is 14.6. The molecule has 0 saturated carbocycles. The van der Waals surface area contributed by atoms with Crippen LogP contribution in [0.3, 0.4) is 0 Å². The fourth-order valence-electron chi connectivity index (χ4n) is 1.98. The Morgan fingerprint density at radius 3 is 2.63 bits per heavy atom. The molecule has 1 fully saturated rings. The van der Waals surface area contributed by atoms with E-state index in [4.69, 9.17) is 23.8 Å². The average molecular weight is 319 g/mol. The summed E-state index contributed by atoms with van der Waals surface area (Å²) in [5, 5.41) is 7.23. The first-order valence-corrected chi connectivity index (χ1v) is 8.56. The molecule has 2 rings (SSSR count). The molecule has 0 radical (unpaired) electrons.